The van der Waals surface area contributed by atoms with Crippen LogP contribution in [-0.4, -0.2) is 64.7 Å². The molecule has 0 saturated heterocycles. The smallest absolute Gasteiger partial charge is 0.424 e. The van der Waals surface area contributed by atoms with Crippen molar-refractivity contribution in [2.24, 2.45) is 10.7 Å². The van der Waals surface area contributed by atoms with E-state index in [1.165, 1.54) is 12.1 Å². The third-order valence-electron chi connectivity index (χ3n) is 5.84. The van der Waals surface area contributed by atoms with Crippen LogP contribution in [0, 0.1) is 11.3 Å². The van der Waals surface area contributed by atoms with Crippen molar-refractivity contribution in [2.45, 2.75) is 48.9 Å². The number of hydrogen-bond donors (Lipinski definition) is 2. The number of nitriles is 1. The Morgan fingerprint density at radius 1 is 1.16 bits per heavy atom. The van der Waals surface area contributed by atoms with Crippen molar-refractivity contribution < 1.29 is 57.8 Å². The lowest BCUT2D eigenvalue weighted by Gasteiger charge is -2.28. The topological polar surface area (TPSA) is 118 Å². The predicted octanol–water partition coefficient (Wildman–Crippen LogP) is 5.74. The van der Waals surface area contributed by atoms with Crippen LogP contribution in [0.1, 0.15) is 23.2 Å². The van der Waals surface area contributed by atoms with Crippen LogP contribution < -0.4 is 11.1 Å². The molecule has 1 fully saturated rings. The predicted molar refractivity (Wildman–Crippen MR) is 126 cm³/mol. The van der Waals surface area contributed by atoms with Gasteiger partial charge in [0.05, 0.1) is 22.9 Å². The number of nitrogens with one attached hydrogen (secondary N) is 1. The fraction of sp³-hybridized carbons (Fsp3) is 0.391. The average Bonchev–Trinajstić information content (AvgIpc) is 3.51. The Kier molecular flexibility index (Phi) is 8.71. The van der Waals surface area contributed by atoms with Crippen molar-refractivity contribution in [1.82, 2.24) is 15.1 Å². The van der Waals surface area contributed by atoms with E-state index in [0.717, 1.165) is 18.5 Å². The molecule has 1 heterocycles. The SMILES string of the molecule is CN=C(C(OC(F)(F)C(F)C(F)(F)F)=C(N)C(F)(F)C(F)(F)F)n1cc(-c2ccc(Cl)c(C(=O)NC3(C#N)CC3)c2)cn1. The number of nitrogens with zero attached hydrogens (tertiary/aromatic N) is 4. The minimum atomic E-state index is -6.57. The van der Waals surface area contributed by atoms with Crippen LogP contribution in [0.2, 0.25) is 5.02 Å². The summed E-state index contributed by atoms with van der Waals surface area (Å²) in [6.07, 6.45) is -21.8. The van der Waals surface area contributed by atoms with Gasteiger partial charge in [0.1, 0.15) is 11.2 Å². The Bertz CT molecular complexity index is 1500. The van der Waals surface area contributed by atoms with Gasteiger partial charge < -0.3 is 15.8 Å². The van der Waals surface area contributed by atoms with Crippen LogP contribution in [0.4, 0.5) is 48.3 Å². The lowest BCUT2D eigenvalue weighted by molar-refractivity contribution is -0.323. The number of nitrogens with two attached hydrogens (primary N) is 1. The highest BCUT2D eigenvalue weighted by Crippen LogP contribution is 2.43. The summed E-state index contributed by atoms with van der Waals surface area (Å²) in [5.41, 5.74) is 0.621. The van der Waals surface area contributed by atoms with Crippen LogP contribution in [-0.2, 0) is 4.74 Å². The van der Waals surface area contributed by atoms with E-state index >= 15 is 0 Å². The summed E-state index contributed by atoms with van der Waals surface area (Å²) in [6.45, 7) is 0. The molecule has 1 unspecified atom stereocenters. The van der Waals surface area contributed by atoms with Gasteiger partial charge in [-0.2, -0.15) is 54.3 Å². The number of rotatable bonds is 8. The normalized spacial score (nSPS) is 17.1. The molecule has 8 nitrogen and oxygen atoms in total. The van der Waals surface area contributed by atoms with E-state index in [4.69, 9.17) is 17.3 Å². The van der Waals surface area contributed by atoms with Crippen molar-refractivity contribution >= 4 is 23.3 Å². The van der Waals surface area contributed by atoms with Gasteiger partial charge >= 0.3 is 24.4 Å². The van der Waals surface area contributed by atoms with E-state index in [1.54, 1.807) is 0 Å². The first kappa shape index (κ1) is 33.4. The van der Waals surface area contributed by atoms with E-state index in [9.17, 15) is 58.4 Å². The molecule has 0 spiro atoms. The van der Waals surface area contributed by atoms with Crippen molar-refractivity contribution in [3.63, 3.8) is 0 Å². The van der Waals surface area contributed by atoms with Crippen molar-refractivity contribution in [2.75, 3.05) is 7.05 Å². The molecular formula is C23H16ClF11N6O2. The number of benzene rings is 1. The molecule has 3 N–H and O–H groups in total. The quantitative estimate of drug-likeness (QED) is 0.163. The fourth-order valence-corrected chi connectivity index (χ4v) is 3.55. The molecular weight excluding hydrogens is 637 g/mol. The summed E-state index contributed by atoms with van der Waals surface area (Å²) in [4.78, 5) is 15.9. The molecule has 0 radical (unpaired) electrons. The first-order valence-electron chi connectivity index (χ1n) is 11.4. The van der Waals surface area contributed by atoms with E-state index in [1.807, 2.05) is 6.07 Å². The Morgan fingerprint density at radius 2 is 1.77 bits per heavy atom. The molecule has 0 bridgehead atoms. The Balaban J connectivity index is 2.09. The standard InChI is InChI=1S/C23H16ClF11N6O2/c1-38-16(14(15(37)20(26,27)23(33,34)35)43-22(31,32)18(25)21(28,29)30)41-8-11(7-39-41)10-2-3-13(24)12(6-10)17(42)40-19(9-36)4-5-19/h2-3,6-8,18H,4-5,37H2,1H3,(H,40,42). The number of carbonyl (C=O) groups excluding carboxylic acids is 1. The molecule has 3 rings (SSSR count). The highest BCUT2D eigenvalue weighted by atomic mass is 35.5. The second-order valence-corrected chi connectivity index (χ2v) is 9.35. The zero-order valence-corrected chi connectivity index (χ0v) is 21.9. The lowest BCUT2D eigenvalue weighted by Crippen LogP contribution is -2.47. The van der Waals surface area contributed by atoms with Gasteiger partial charge in [-0.25, -0.2) is 9.07 Å². The molecule has 1 amide bonds. The maximum Gasteiger partial charge on any atom is 0.459 e. The summed E-state index contributed by atoms with van der Waals surface area (Å²) in [7, 11) is 0.613. The minimum Gasteiger partial charge on any atom is -0.424 e. The molecule has 2 aromatic rings. The number of hydrogen-bond acceptors (Lipinski definition) is 6. The van der Waals surface area contributed by atoms with Crippen LogP contribution in [0.25, 0.3) is 11.1 Å². The van der Waals surface area contributed by atoms with Gasteiger partial charge in [0.15, 0.2) is 11.6 Å². The zero-order valence-electron chi connectivity index (χ0n) is 21.1. The van der Waals surface area contributed by atoms with E-state index in [-0.39, 0.29) is 26.4 Å². The molecule has 1 aliphatic rings. The molecule has 1 saturated carbocycles. The van der Waals surface area contributed by atoms with Crippen LogP contribution in [0.3, 0.4) is 0 Å². The van der Waals surface area contributed by atoms with Crippen molar-refractivity contribution in [3.05, 3.63) is 52.6 Å². The molecule has 1 aromatic carbocycles. The number of aliphatic imine (C=N–C) groups is 1. The highest BCUT2D eigenvalue weighted by molar-refractivity contribution is 6.34. The number of amides is 1. The molecule has 1 aliphatic carbocycles. The van der Waals surface area contributed by atoms with Gasteiger partial charge in [0.25, 0.3) is 12.1 Å². The van der Waals surface area contributed by atoms with Crippen molar-refractivity contribution in [1.29, 1.82) is 5.26 Å². The number of aromatic nitrogens is 2. The summed E-state index contributed by atoms with van der Waals surface area (Å²) >= 11 is 6.06. The highest BCUT2D eigenvalue weighted by Gasteiger charge is 2.64. The Labute approximate surface area is 238 Å². The number of allylic oxidation sites excluding steroid dienone is 2. The second kappa shape index (κ2) is 11.2. The first-order valence-corrected chi connectivity index (χ1v) is 11.8. The molecule has 0 aliphatic heterocycles. The van der Waals surface area contributed by atoms with Gasteiger partial charge in [-0.3, -0.25) is 9.79 Å². The average molecular weight is 653 g/mol. The molecule has 1 atom stereocenters. The van der Waals surface area contributed by atoms with Crippen LogP contribution >= 0.6 is 11.6 Å². The summed E-state index contributed by atoms with van der Waals surface area (Å²) < 4.78 is 150. The third kappa shape index (κ3) is 6.78. The maximum atomic E-state index is 14.1. The molecule has 234 valence electrons. The van der Waals surface area contributed by atoms with Gasteiger partial charge in [-0.1, -0.05) is 17.7 Å². The first-order chi connectivity index (χ1) is 19.6. The molecule has 1 aromatic heterocycles. The monoisotopic (exact) mass is 652 g/mol. The van der Waals surface area contributed by atoms with Crippen molar-refractivity contribution in [3.8, 4) is 17.2 Å². The molecule has 20 heteroatoms. The van der Waals surface area contributed by atoms with E-state index < -0.39 is 59.3 Å². The fourth-order valence-electron chi connectivity index (χ4n) is 3.34. The number of alkyl halides is 11. The number of ether oxygens (including phenoxy) is 1. The Morgan fingerprint density at radius 3 is 2.26 bits per heavy atom. The summed E-state index contributed by atoms with van der Waals surface area (Å²) in [5.74, 6) is -10.9. The van der Waals surface area contributed by atoms with Gasteiger partial charge in [-0.05, 0) is 30.5 Å². The number of carbonyl (C=O) groups is 1. The largest absolute Gasteiger partial charge is 0.459 e. The summed E-state index contributed by atoms with van der Waals surface area (Å²) in [5, 5.41) is 15.1. The van der Waals surface area contributed by atoms with E-state index in [2.05, 4.69) is 20.1 Å². The minimum absolute atomic E-state index is 0.0596. The van der Waals surface area contributed by atoms with E-state index in [0.29, 0.717) is 19.9 Å². The summed E-state index contributed by atoms with van der Waals surface area (Å²) in [6, 6.07) is 5.55. The Hall–Kier alpha value is -4.08. The van der Waals surface area contributed by atoms with Gasteiger partial charge in [-0.15, -0.1) is 0 Å². The third-order valence-corrected chi connectivity index (χ3v) is 6.16. The second-order valence-electron chi connectivity index (χ2n) is 8.95. The maximum absolute atomic E-state index is 14.1. The van der Waals surface area contributed by atoms with Crippen LogP contribution in [0.5, 0.6) is 0 Å². The van der Waals surface area contributed by atoms with Crippen LogP contribution in [0.15, 0.2) is 47.0 Å². The van der Waals surface area contributed by atoms with Gasteiger partial charge in [0, 0.05) is 18.8 Å². The molecule has 43 heavy (non-hydrogen) atoms. The lowest BCUT2D eigenvalue weighted by atomic mass is 10.1. The van der Waals surface area contributed by atoms with Gasteiger partial charge in [0.2, 0.25) is 0 Å². The zero-order chi connectivity index (χ0) is 32.8. The number of halogens is 12.